The summed E-state index contributed by atoms with van der Waals surface area (Å²) in [7, 11) is 1.58. The van der Waals surface area contributed by atoms with E-state index in [1.807, 2.05) is 30.3 Å². The fourth-order valence-corrected chi connectivity index (χ4v) is 2.76. The van der Waals surface area contributed by atoms with Gasteiger partial charge in [0.1, 0.15) is 5.75 Å². The first-order chi connectivity index (χ1) is 10.7. The zero-order chi connectivity index (χ0) is 15.5. The number of carbonyl (C=O) groups is 2. The van der Waals surface area contributed by atoms with Crippen LogP contribution in [0.15, 0.2) is 54.6 Å². The van der Waals surface area contributed by atoms with Gasteiger partial charge >= 0.3 is 0 Å². The Kier molecular flexibility index (Phi) is 3.92. The lowest BCUT2D eigenvalue weighted by molar-refractivity contribution is -0.122. The molecule has 22 heavy (non-hydrogen) atoms. The molecule has 1 aliphatic rings. The molecule has 0 spiro atoms. The van der Waals surface area contributed by atoms with E-state index in [-0.39, 0.29) is 24.2 Å². The minimum absolute atomic E-state index is 0.126. The number of anilines is 1. The van der Waals surface area contributed by atoms with E-state index >= 15 is 0 Å². The van der Waals surface area contributed by atoms with Crippen LogP contribution in [0.5, 0.6) is 5.75 Å². The lowest BCUT2D eigenvalue weighted by Gasteiger charge is -2.15. The van der Waals surface area contributed by atoms with Gasteiger partial charge in [-0.2, -0.15) is 0 Å². The fourth-order valence-electron chi connectivity index (χ4n) is 2.76. The number of rotatable bonds is 4. The largest absolute Gasteiger partial charge is 0.497 e. The van der Waals surface area contributed by atoms with E-state index in [9.17, 15) is 9.59 Å². The highest BCUT2D eigenvalue weighted by Crippen LogP contribution is 2.29. The van der Waals surface area contributed by atoms with Crippen molar-refractivity contribution in [1.82, 2.24) is 0 Å². The van der Waals surface area contributed by atoms with Crippen molar-refractivity contribution in [1.29, 1.82) is 0 Å². The second-order valence-electron chi connectivity index (χ2n) is 5.36. The number of hydrogen-bond donors (Lipinski definition) is 0. The first kappa shape index (κ1) is 14.3. The predicted octanol–water partition coefficient (Wildman–Crippen LogP) is 2.82. The van der Waals surface area contributed by atoms with Gasteiger partial charge in [0, 0.05) is 6.42 Å². The summed E-state index contributed by atoms with van der Waals surface area (Å²) in [4.78, 5) is 26.0. The summed E-state index contributed by atoms with van der Waals surface area (Å²) in [5.41, 5.74) is 1.68. The number of benzene rings is 2. The van der Waals surface area contributed by atoms with Crippen LogP contribution in [0.4, 0.5) is 5.69 Å². The van der Waals surface area contributed by atoms with Gasteiger partial charge in [-0.05, 0) is 36.2 Å². The van der Waals surface area contributed by atoms with E-state index in [1.54, 1.807) is 31.4 Å². The molecule has 2 aromatic carbocycles. The number of amides is 2. The van der Waals surface area contributed by atoms with Crippen molar-refractivity contribution in [2.75, 3.05) is 12.0 Å². The highest BCUT2D eigenvalue weighted by molar-refractivity contribution is 6.21. The van der Waals surface area contributed by atoms with Crippen LogP contribution in [-0.2, 0) is 16.0 Å². The summed E-state index contributed by atoms with van der Waals surface area (Å²) in [5, 5.41) is 0. The fraction of sp³-hybridized carbons (Fsp3) is 0.222. The Morgan fingerprint density at radius 2 is 1.73 bits per heavy atom. The molecule has 1 heterocycles. The molecule has 112 valence electrons. The molecule has 1 atom stereocenters. The van der Waals surface area contributed by atoms with Crippen molar-refractivity contribution in [3.63, 3.8) is 0 Å². The smallest absolute Gasteiger partial charge is 0.237 e. The van der Waals surface area contributed by atoms with E-state index in [4.69, 9.17) is 4.74 Å². The second kappa shape index (κ2) is 6.02. The summed E-state index contributed by atoms with van der Waals surface area (Å²) in [6, 6.07) is 16.8. The quantitative estimate of drug-likeness (QED) is 0.815. The molecule has 1 fully saturated rings. The van der Waals surface area contributed by atoms with Gasteiger partial charge in [-0.1, -0.05) is 30.3 Å². The lowest BCUT2D eigenvalue weighted by Crippen LogP contribution is -2.30. The molecule has 0 N–H and O–H groups in total. The standard InChI is InChI=1S/C18H17NO3/c1-22-16-9-7-15(8-10-16)19-17(20)12-14(18(19)21)11-13-5-3-2-4-6-13/h2-10,14H,11-12H2,1H3/t14-/m0/s1. The number of carbonyl (C=O) groups excluding carboxylic acids is 2. The molecule has 0 unspecified atom stereocenters. The minimum Gasteiger partial charge on any atom is -0.497 e. The molecule has 0 bridgehead atoms. The third kappa shape index (κ3) is 2.72. The Morgan fingerprint density at radius 3 is 2.36 bits per heavy atom. The lowest BCUT2D eigenvalue weighted by atomic mass is 9.98. The van der Waals surface area contributed by atoms with Gasteiger partial charge < -0.3 is 4.74 Å². The molecular formula is C18H17NO3. The van der Waals surface area contributed by atoms with E-state index in [0.717, 1.165) is 5.56 Å². The first-order valence-electron chi connectivity index (χ1n) is 7.24. The summed E-state index contributed by atoms with van der Waals surface area (Å²) >= 11 is 0. The van der Waals surface area contributed by atoms with Crippen molar-refractivity contribution < 1.29 is 14.3 Å². The van der Waals surface area contributed by atoms with E-state index in [0.29, 0.717) is 17.9 Å². The van der Waals surface area contributed by atoms with Crippen molar-refractivity contribution >= 4 is 17.5 Å². The number of methoxy groups -OCH3 is 1. The van der Waals surface area contributed by atoms with E-state index in [2.05, 4.69) is 0 Å². The molecule has 4 heteroatoms. The Morgan fingerprint density at radius 1 is 1.05 bits per heavy atom. The Bertz CT molecular complexity index is 679. The van der Waals surface area contributed by atoms with Crippen LogP contribution in [0.3, 0.4) is 0 Å². The van der Waals surface area contributed by atoms with Crippen LogP contribution >= 0.6 is 0 Å². The van der Waals surface area contributed by atoms with Crippen LogP contribution in [-0.4, -0.2) is 18.9 Å². The molecule has 3 rings (SSSR count). The number of imide groups is 1. The maximum absolute atomic E-state index is 12.5. The summed E-state index contributed by atoms with van der Waals surface area (Å²) in [5.74, 6) is 0.149. The van der Waals surface area contributed by atoms with Gasteiger partial charge in [-0.3, -0.25) is 14.5 Å². The minimum atomic E-state index is -0.281. The second-order valence-corrected chi connectivity index (χ2v) is 5.36. The Labute approximate surface area is 129 Å². The number of nitrogens with zero attached hydrogens (tertiary/aromatic N) is 1. The molecule has 2 amide bonds. The van der Waals surface area contributed by atoms with Gasteiger partial charge in [-0.25, -0.2) is 0 Å². The average molecular weight is 295 g/mol. The van der Waals surface area contributed by atoms with Crippen LogP contribution in [0.2, 0.25) is 0 Å². The molecule has 0 radical (unpaired) electrons. The molecular weight excluding hydrogens is 278 g/mol. The molecule has 0 aliphatic carbocycles. The predicted molar refractivity (Wildman–Crippen MR) is 83.7 cm³/mol. The molecule has 0 saturated carbocycles. The van der Waals surface area contributed by atoms with Crippen LogP contribution in [0.25, 0.3) is 0 Å². The van der Waals surface area contributed by atoms with Crippen LogP contribution in [0, 0.1) is 5.92 Å². The number of ether oxygens (including phenoxy) is 1. The Balaban J connectivity index is 1.79. The van der Waals surface area contributed by atoms with Gasteiger partial charge in [0.2, 0.25) is 11.8 Å². The van der Waals surface area contributed by atoms with E-state index in [1.165, 1.54) is 4.90 Å². The SMILES string of the molecule is COc1ccc(N2C(=O)C[C@H](Cc3ccccc3)C2=O)cc1. The molecule has 1 aliphatic heterocycles. The van der Waals surface area contributed by atoms with Gasteiger partial charge in [0.05, 0.1) is 18.7 Å². The van der Waals surface area contributed by atoms with Gasteiger partial charge in [0.25, 0.3) is 0 Å². The maximum atomic E-state index is 12.5. The first-order valence-corrected chi connectivity index (χ1v) is 7.24. The number of hydrogen-bond acceptors (Lipinski definition) is 3. The van der Waals surface area contributed by atoms with Crippen molar-refractivity contribution in [2.24, 2.45) is 5.92 Å². The monoisotopic (exact) mass is 295 g/mol. The van der Waals surface area contributed by atoms with Crippen molar-refractivity contribution in [3.8, 4) is 5.75 Å². The molecule has 4 nitrogen and oxygen atoms in total. The highest BCUT2D eigenvalue weighted by atomic mass is 16.5. The summed E-state index contributed by atoms with van der Waals surface area (Å²) < 4.78 is 5.10. The van der Waals surface area contributed by atoms with Crippen LogP contribution in [0.1, 0.15) is 12.0 Å². The highest BCUT2D eigenvalue weighted by Gasteiger charge is 2.39. The van der Waals surface area contributed by atoms with E-state index < -0.39 is 0 Å². The van der Waals surface area contributed by atoms with Crippen LogP contribution < -0.4 is 9.64 Å². The normalized spacial score (nSPS) is 17.9. The van der Waals surface area contributed by atoms with Gasteiger partial charge in [0.15, 0.2) is 0 Å². The average Bonchev–Trinajstić information content (AvgIpc) is 2.82. The third-order valence-corrected chi connectivity index (χ3v) is 3.90. The summed E-state index contributed by atoms with van der Waals surface area (Å²) in [6.07, 6.45) is 0.859. The third-order valence-electron chi connectivity index (χ3n) is 3.90. The topological polar surface area (TPSA) is 46.6 Å². The zero-order valence-corrected chi connectivity index (χ0v) is 12.4. The van der Waals surface area contributed by atoms with Crippen molar-refractivity contribution in [2.45, 2.75) is 12.8 Å². The molecule has 0 aromatic heterocycles. The van der Waals surface area contributed by atoms with Crippen molar-refractivity contribution in [3.05, 3.63) is 60.2 Å². The molecule has 2 aromatic rings. The molecule has 1 saturated heterocycles. The maximum Gasteiger partial charge on any atom is 0.237 e. The Hall–Kier alpha value is -2.62. The van der Waals surface area contributed by atoms with Gasteiger partial charge in [-0.15, -0.1) is 0 Å². The zero-order valence-electron chi connectivity index (χ0n) is 12.4. The summed E-state index contributed by atoms with van der Waals surface area (Å²) in [6.45, 7) is 0.